The number of esters is 2. The molecule has 0 radical (unpaired) electrons. The van der Waals surface area contributed by atoms with Gasteiger partial charge in [-0.2, -0.15) is 0 Å². The highest BCUT2D eigenvalue weighted by atomic mass is 32.1. The van der Waals surface area contributed by atoms with E-state index in [0.717, 1.165) is 24.3 Å². The van der Waals surface area contributed by atoms with Crippen LogP contribution >= 0.6 is 11.3 Å². The van der Waals surface area contributed by atoms with E-state index in [1.807, 2.05) is 30.3 Å². The van der Waals surface area contributed by atoms with Gasteiger partial charge in [-0.25, -0.2) is 9.79 Å². The average molecular weight is 520 g/mol. The molecule has 37 heavy (non-hydrogen) atoms. The number of hydrogen-bond donors (Lipinski definition) is 0. The predicted molar refractivity (Wildman–Crippen MR) is 144 cm³/mol. The van der Waals surface area contributed by atoms with E-state index >= 15 is 0 Å². The minimum Gasteiger partial charge on any atom is -0.466 e. The summed E-state index contributed by atoms with van der Waals surface area (Å²) >= 11 is 1.27. The smallest absolute Gasteiger partial charge is 0.338 e. The van der Waals surface area contributed by atoms with Gasteiger partial charge in [-0.3, -0.25) is 14.2 Å². The number of hydrogen-bond acceptors (Lipinski definition) is 8. The lowest BCUT2D eigenvalue weighted by molar-refractivity contribution is -0.136. The molecule has 2 heterocycles. The van der Waals surface area contributed by atoms with Gasteiger partial charge < -0.3 is 14.4 Å². The van der Waals surface area contributed by atoms with Crippen molar-refractivity contribution in [1.29, 1.82) is 0 Å². The molecule has 192 valence electrons. The Kier molecular flexibility index (Phi) is 7.73. The molecule has 0 spiro atoms. The van der Waals surface area contributed by atoms with Crippen molar-refractivity contribution >= 4 is 35.0 Å². The van der Waals surface area contributed by atoms with Crippen LogP contribution in [0.1, 0.15) is 44.9 Å². The fourth-order valence-electron chi connectivity index (χ4n) is 4.41. The van der Waals surface area contributed by atoms with Crippen molar-refractivity contribution < 1.29 is 19.1 Å². The molecule has 0 fully saturated rings. The number of ether oxygens (including phenoxy) is 2. The number of rotatable bonds is 7. The lowest BCUT2D eigenvalue weighted by Gasteiger charge is -2.24. The number of fused-ring (bicyclic) bond motifs is 1. The van der Waals surface area contributed by atoms with E-state index in [2.05, 4.69) is 23.7 Å². The minimum absolute atomic E-state index is 0.250. The maximum absolute atomic E-state index is 13.7. The first kappa shape index (κ1) is 26.1. The Labute approximate surface area is 218 Å². The van der Waals surface area contributed by atoms with E-state index in [0.29, 0.717) is 26.3 Å². The van der Waals surface area contributed by atoms with Gasteiger partial charge in [0.15, 0.2) is 4.80 Å². The molecule has 0 saturated heterocycles. The topological polar surface area (TPSA) is 90.2 Å². The Morgan fingerprint density at radius 2 is 1.73 bits per heavy atom. The van der Waals surface area contributed by atoms with Crippen LogP contribution in [0.2, 0.25) is 0 Å². The van der Waals surface area contributed by atoms with Crippen LogP contribution < -0.4 is 24.5 Å². The van der Waals surface area contributed by atoms with Crippen LogP contribution in [0.3, 0.4) is 0 Å². The third-order valence-corrected chi connectivity index (χ3v) is 7.19. The standard InChI is InChI=1S/C28H29N3O5S/c1-6-30(7-2)21-12-8-19(9-13-21)16-23-26(33)31-25(20-10-14-22(15-11-20)36-18(4)32)24(27(34)35-5)17(3)29-28(31)37-23/h8-16,25H,6-7H2,1-5H3/t25-/m1/s1. The number of carbonyl (C=O) groups excluding carboxylic acids is 2. The SMILES string of the molecule is CCN(CC)c1ccc(C=c2sc3n(c2=O)[C@H](c2ccc(OC(C)=O)cc2)C(C(=O)OC)=C(C)N=3)cc1. The van der Waals surface area contributed by atoms with Gasteiger partial charge in [-0.1, -0.05) is 35.6 Å². The van der Waals surface area contributed by atoms with E-state index < -0.39 is 18.0 Å². The van der Waals surface area contributed by atoms with E-state index in [4.69, 9.17) is 9.47 Å². The van der Waals surface area contributed by atoms with Gasteiger partial charge in [0.1, 0.15) is 5.75 Å². The molecule has 1 aliphatic rings. The zero-order valence-corrected chi connectivity index (χ0v) is 22.3. The molecule has 0 N–H and O–H groups in total. The molecule has 2 aromatic carbocycles. The largest absolute Gasteiger partial charge is 0.466 e. The van der Waals surface area contributed by atoms with Crippen LogP contribution in [-0.4, -0.2) is 36.7 Å². The van der Waals surface area contributed by atoms with Gasteiger partial charge in [0.05, 0.1) is 29.0 Å². The first-order valence-electron chi connectivity index (χ1n) is 12.0. The van der Waals surface area contributed by atoms with Crippen molar-refractivity contribution in [2.75, 3.05) is 25.1 Å². The molecule has 1 aliphatic heterocycles. The monoisotopic (exact) mass is 519 g/mol. The number of aromatic nitrogens is 1. The number of carbonyl (C=O) groups is 2. The predicted octanol–water partition coefficient (Wildman–Crippen LogP) is 3.18. The second-order valence-corrected chi connectivity index (χ2v) is 9.51. The van der Waals surface area contributed by atoms with Gasteiger partial charge in [-0.15, -0.1) is 0 Å². The number of thiazole rings is 1. The molecule has 0 bridgehead atoms. The van der Waals surface area contributed by atoms with E-state index in [-0.39, 0.29) is 11.1 Å². The normalized spacial score (nSPS) is 15.2. The quantitative estimate of drug-likeness (QED) is 0.352. The van der Waals surface area contributed by atoms with Crippen molar-refractivity contribution in [2.24, 2.45) is 4.99 Å². The van der Waals surface area contributed by atoms with Crippen LogP contribution in [0.15, 0.2) is 69.6 Å². The number of benzene rings is 2. The molecule has 8 nitrogen and oxygen atoms in total. The van der Waals surface area contributed by atoms with E-state index in [9.17, 15) is 14.4 Å². The van der Waals surface area contributed by atoms with Crippen LogP contribution in [0.25, 0.3) is 6.08 Å². The van der Waals surface area contributed by atoms with Crippen LogP contribution in [0.4, 0.5) is 5.69 Å². The molecular weight excluding hydrogens is 490 g/mol. The molecule has 1 atom stereocenters. The molecule has 9 heteroatoms. The Morgan fingerprint density at radius 3 is 2.30 bits per heavy atom. The highest BCUT2D eigenvalue weighted by Crippen LogP contribution is 2.31. The third kappa shape index (κ3) is 5.27. The van der Waals surface area contributed by atoms with Crippen LogP contribution in [-0.2, 0) is 14.3 Å². The third-order valence-electron chi connectivity index (χ3n) is 6.20. The lowest BCUT2D eigenvalue weighted by Crippen LogP contribution is -2.39. The fourth-order valence-corrected chi connectivity index (χ4v) is 5.46. The minimum atomic E-state index is -0.734. The zero-order valence-electron chi connectivity index (χ0n) is 21.5. The van der Waals surface area contributed by atoms with Gasteiger partial charge >= 0.3 is 11.9 Å². The first-order valence-corrected chi connectivity index (χ1v) is 12.8. The molecule has 4 rings (SSSR count). The van der Waals surface area contributed by atoms with Crippen molar-refractivity contribution in [3.05, 3.63) is 90.6 Å². The molecule has 0 unspecified atom stereocenters. The second-order valence-electron chi connectivity index (χ2n) is 8.50. The first-order chi connectivity index (χ1) is 17.8. The maximum atomic E-state index is 13.7. The van der Waals surface area contributed by atoms with Crippen molar-refractivity contribution in [3.8, 4) is 5.75 Å². The molecule has 0 saturated carbocycles. The van der Waals surface area contributed by atoms with Crippen molar-refractivity contribution in [2.45, 2.75) is 33.7 Å². The number of methoxy groups -OCH3 is 1. The number of anilines is 1. The van der Waals surface area contributed by atoms with Gasteiger partial charge in [0.2, 0.25) is 0 Å². The second kappa shape index (κ2) is 11.0. The summed E-state index contributed by atoms with van der Waals surface area (Å²) in [6.07, 6.45) is 1.84. The van der Waals surface area contributed by atoms with Crippen molar-refractivity contribution in [3.63, 3.8) is 0 Å². The molecule has 1 aromatic heterocycles. The Bertz CT molecular complexity index is 1530. The number of nitrogens with zero attached hydrogens (tertiary/aromatic N) is 3. The zero-order chi connectivity index (χ0) is 26.7. The molecule has 3 aromatic rings. The number of allylic oxidation sites excluding steroid dienone is 1. The average Bonchev–Trinajstić information content (AvgIpc) is 3.18. The van der Waals surface area contributed by atoms with E-state index in [1.54, 1.807) is 31.2 Å². The molecular formula is C28H29N3O5S. The summed E-state index contributed by atoms with van der Waals surface area (Å²) in [4.78, 5) is 45.1. The Hall–Kier alpha value is -3.98. The summed E-state index contributed by atoms with van der Waals surface area (Å²) in [6.45, 7) is 9.11. The lowest BCUT2D eigenvalue weighted by atomic mass is 9.96. The van der Waals surface area contributed by atoms with Gasteiger partial charge in [0, 0.05) is 25.7 Å². The highest BCUT2D eigenvalue weighted by molar-refractivity contribution is 7.07. The van der Waals surface area contributed by atoms with E-state index in [1.165, 1.54) is 29.9 Å². The summed E-state index contributed by atoms with van der Waals surface area (Å²) in [6, 6.07) is 14.1. The van der Waals surface area contributed by atoms with Crippen molar-refractivity contribution in [1.82, 2.24) is 4.57 Å². The summed E-state index contributed by atoms with van der Waals surface area (Å²) in [7, 11) is 1.30. The van der Waals surface area contributed by atoms with Crippen LogP contribution in [0, 0.1) is 0 Å². The molecule has 0 amide bonds. The summed E-state index contributed by atoms with van der Waals surface area (Å²) in [5.74, 6) is -0.620. The van der Waals surface area contributed by atoms with Crippen LogP contribution in [0.5, 0.6) is 5.75 Å². The fraction of sp³-hybridized carbons (Fsp3) is 0.286. The van der Waals surface area contributed by atoms with Gasteiger partial charge in [-0.05, 0) is 62.2 Å². The summed E-state index contributed by atoms with van der Waals surface area (Å²) in [5.41, 5.74) is 3.20. The summed E-state index contributed by atoms with van der Waals surface area (Å²) < 4.78 is 12.2. The van der Waals surface area contributed by atoms with Gasteiger partial charge in [0.25, 0.3) is 5.56 Å². The maximum Gasteiger partial charge on any atom is 0.338 e. The summed E-state index contributed by atoms with van der Waals surface area (Å²) in [5, 5.41) is 0. The Morgan fingerprint density at radius 1 is 1.08 bits per heavy atom. The molecule has 0 aliphatic carbocycles. The Balaban J connectivity index is 1.83. The highest BCUT2D eigenvalue weighted by Gasteiger charge is 2.33.